The van der Waals surface area contributed by atoms with E-state index in [2.05, 4.69) is 13.8 Å². The maximum absolute atomic E-state index is 12.7. The fourth-order valence-electron chi connectivity index (χ4n) is 4.38. The van der Waals surface area contributed by atoms with Gasteiger partial charge in [0.2, 0.25) is 0 Å². The predicted molar refractivity (Wildman–Crippen MR) is 134 cm³/mol. The van der Waals surface area contributed by atoms with Gasteiger partial charge in [-0.1, -0.05) is 131 Å². The van der Waals surface area contributed by atoms with Crippen molar-refractivity contribution < 1.29 is 29.1 Å². The van der Waals surface area contributed by atoms with Crippen LogP contribution in [0.15, 0.2) is 0 Å². The van der Waals surface area contributed by atoms with Crippen LogP contribution >= 0.6 is 0 Å². The lowest BCUT2D eigenvalue weighted by molar-refractivity contribution is -0.269. The van der Waals surface area contributed by atoms with Gasteiger partial charge in [0, 0.05) is 6.42 Å². The lowest BCUT2D eigenvalue weighted by Gasteiger charge is -2.27. The quantitative estimate of drug-likeness (QED) is 0.0747. The molecule has 200 valence electrons. The second-order valence-electron chi connectivity index (χ2n) is 11.1. The van der Waals surface area contributed by atoms with Crippen LogP contribution in [0, 0.1) is 11.3 Å². The average molecular weight is 485 g/mol. The van der Waals surface area contributed by atoms with Crippen LogP contribution in [0.1, 0.15) is 150 Å². The van der Waals surface area contributed by atoms with Gasteiger partial charge < -0.3 is 0 Å². The number of unbranched alkanes of at least 4 members (excludes halogenated alkanes) is 14. The van der Waals surface area contributed by atoms with E-state index in [9.17, 15) is 9.59 Å². The van der Waals surface area contributed by atoms with Crippen molar-refractivity contribution in [2.75, 3.05) is 0 Å². The van der Waals surface area contributed by atoms with Crippen molar-refractivity contribution in [1.29, 1.82) is 0 Å². The van der Waals surface area contributed by atoms with Crippen molar-refractivity contribution in [3.8, 4) is 0 Å². The van der Waals surface area contributed by atoms with Gasteiger partial charge in [-0.3, -0.25) is 0 Å². The smallest absolute Gasteiger partial charge is 0.247 e. The van der Waals surface area contributed by atoms with Gasteiger partial charge in [-0.25, -0.2) is 19.4 Å². The van der Waals surface area contributed by atoms with Gasteiger partial charge in [0.25, 0.3) is 0 Å². The third kappa shape index (κ3) is 13.1. The van der Waals surface area contributed by atoms with Crippen LogP contribution in [-0.4, -0.2) is 17.7 Å². The minimum atomic E-state index is -1.39. The van der Waals surface area contributed by atoms with Crippen molar-refractivity contribution in [3.63, 3.8) is 0 Å². The summed E-state index contributed by atoms with van der Waals surface area (Å²) in [5.41, 5.74) is -0.272. The van der Waals surface area contributed by atoms with Crippen LogP contribution < -0.4 is 0 Å². The van der Waals surface area contributed by atoms with E-state index >= 15 is 0 Å². The summed E-state index contributed by atoms with van der Waals surface area (Å²) < 4.78 is 0. The SMILES string of the molecule is CCCCCCCCCCC(C(=O)OOC(=O)C1(CCCCCCCCCC)OO1)C(C)(C)C. The van der Waals surface area contributed by atoms with E-state index < -0.39 is 17.7 Å². The number of hydrogen-bond acceptors (Lipinski definition) is 6. The third-order valence-electron chi connectivity index (χ3n) is 6.83. The summed E-state index contributed by atoms with van der Waals surface area (Å²) in [4.78, 5) is 44.8. The number of carbonyl (C=O) groups excluding carboxylic acids is 2. The lowest BCUT2D eigenvalue weighted by atomic mass is 9.78. The molecule has 1 saturated heterocycles. The third-order valence-corrected chi connectivity index (χ3v) is 6.83. The highest BCUT2D eigenvalue weighted by atomic mass is 17.4. The van der Waals surface area contributed by atoms with Gasteiger partial charge >= 0.3 is 17.7 Å². The van der Waals surface area contributed by atoms with Gasteiger partial charge in [-0.15, -0.1) is 0 Å². The Balaban J connectivity index is 2.28. The molecule has 0 saturated carbocycles. The molecule has 0 radical (unpaired) electrons. The minimum absolute atomic E-state index is 0.272. The summed E-state index contributed by atoms with van der Waals surface area (Å²) in [7, 11) is 0. The van der Waals surface area contributed by atoms with Gasteiger partial charge in [-0.2, -0.15) is 9.78 Å². The molecule has 1 atom stereocenters. The Hall–Kier alpha value is -1.14. The maximum atomic E-state index is 12.7. The Bertz CT molecular complexity index is 550. The van der Waals surface area contributed by atoms with Crippen LogP contribution in [0.2, 0.25) is 0 Å². The zero-order valence-corrected chi connectivity index (χ0v) is 22.8. The standard InChI is InChI=1S/C28H52O6/c1-6-8-10-12-14-16-18-20-22-24(27(3,4)5)25(29)31-32-26(30)28(33-34-28)23-21-19-17-15-13-11-9-7-2/h24H,6-23H2,1-5H3. The normalized spacial score (nSPS) is 15.7. The van der Waals surface area contributed by atoms with Crippen LogP contribution in [0.25, 0.3) is 0 Å². The second kappa shape index (κ2) is 17.3. The summed E-state index contributed by atoms with van der Waals surface area (Å²) in [5.74, 6) is -2.99. The Morgan fingerprint density at radius 3 is 1.56 bits per heavy atom. The second-order valence-corrected chi connectivity index (χ2v) is 11.1. The minimum Gasteiger partial charge on any atom is -0.247 e. The van der Waals surface area contributed by atoms with Crippen molar-refractivity contribution >= 4 is 11.9 Å². The zero-order chi connectivity index (χ0) is 25.3. The first kappa shape index (κ1) is 30.9. The van der Waals surface area contributed by atoms with Gasteiger partial charge in [0.1, 0.15) is 0 Å². The molecule has 0 N–H and O–H groups in total. The molecule has 1 rings (SSSR count). The van der Waals surface area contributed by atoms with Gasteiger partial charge in [0.15, 0.2) is 0 Å². The van der Waals surface area contributed by atoms with Crippen LogP contribution in [0.5, 0.6) is 0 Å². The van der Waals surface area contributed by atoms with E-state index in [0.29, 0.717) is 6.42 Å². The molecular formula is C28H52O6. The van der Waals surface area contributed by atoms with E-state index in [4.69, 9.17) is 19.6 Å². The van der Waals surface area contributed by atoms with Crippen molar-refractivity contribution in [3.05, 3.63) is 0 Å². The molecule has 1 heterocycles. The fraction of sp³-hybridized carbons (Fsp3) is 0.929. The Kier molecular flexibility index (Phi) is 15.7. The molecule has 1 aliphatic rings. The molecule has 0 bridgehead atoms. The zero-order valence-electron chi connectivity index (χ0n) is 22.8. The molecule has 6 nitrogen and oxygen atoms in total. The largest absolute Gasteiger partial charge is 0.420 e. The van der Waals surface area contributed by atoms with E-state index in [1.54, 1.807) is 0 Å². The van der Waals surface area contributed by atoms with Crippen molar-refractivity contribution in [2.24, 2.45) is 11.3 Å². The number of rotatable bonds is 20. The number of hydrogen-bond donors (Lipinski definition) is 0. The highest BCUT2D eigenvalue weighted by molar-refractivity contribution is 5.80. The first-order chi connectivity index (χ1) is 16.3. The van der Waals surface area contributed by atoms with Gasteiger partial charge in [-0.05, 0) is 18.3 Å². The monoisotopic (exact) mass is 484 g/mol. The van der Waals surface area contributed by atoms with E-state index in [0.717, 1.165) is 38.5 Å². The molecule has 0 aliphatic carbocycles. The summed E-state index contributed by atoms with van der Waals surface area (Å²) in [6.45, 7) is 10.5. The summed E-state index contributed by atoms with van der Waals surface area (Å²) in [6, 6.07) is 0. The van der Waals surface area contributed by atoms with Crippen molar-refractivity contribution in [2.45, 2.75) is 156 Å². The van der Waals surface area contributed by atoms with Crippen LogP contribution in [-0.2, 0) is 29.1 Å². The fourth-order valence-corrected chi connectivity index (χ4v) is 4.38. The van der Waals surface area contributed by atoms with Gasteiger partial charge in [0.05, 0.1) is 5.92 Å². The first-order valence-electron chi connectivity index (χ1n) is 14.1. The van der Waals surface area contributed by atoms with E-state index in [1.165, 1.54) is 70.6 Å². The van der Waals surface area contributed by atoms with E-state index in [1.807, 2.05) is 20.8 Å². The highest BCUT2D eigenvalue weighted by Gasteiger charge is 2.59. The Labute approximate surface area is 208 Å². The maximum Gasteiger partial charge on any atom is 0.420 e. The molecule has 0 amide bonds. The van der Waals surface area contributed by atoms with E-state index in [-0.39, 0.29) is 11.3 Å². The molecule has 1 aliphatic heterocycles. The molecule has 6 heteroatoms. The molecule has 0 aromatic carbocycles. The summed E-state index contributed by atoms with van der Waals surface area (Å²) in [6.07, 6.45) is 20.1. The van der Waals surface area contributed by atoms with Crippen molar-refractivity contribution in [1.82, 2.24) is 0 Å². The molecule has 0 aromatic rings. The van der Waals surface area contributed by atoms with Crippen LogP contribution in [0.4, 0.5) is 0 Å². The molecule has 34 heavy (non-hydrogen) atoms. The molecule has 1 fully saturated rings. The molecule has 0 spiro atoms. The predicted octanol–water partition coefficient (Wildman–Crippen LogP) is 8.37. The summed E-state index contributed by atoms with van der Waals surface area (Å²) >= 11 is 0. The molecule has 1 unspecified atom stereocenters. The molecular weight excluding hydrogens is 432 g/mol. The Morgan fingerprint density at radius 1 is 0.676 bits per heavy atom. The average Bonchev–Trinajstić information content (AvgIpc) is 3.58. The highest BCUT2D eigenvalue weighted by Crippen LogP contribution is 2.37. The Morgan fingerprint density at radius 2 is 1.12 bits per heavy atom. The number of carbonyl (C=O) groups is 2. The summed E-state index contributed by atoms with van der Waals surface area (Å²) in [5, 5.41) is 0. The molecule has 0 aromatic heterocycles. The lowest BCUT2D eigenvalue weighted by Crippen LogP contribution is -2.33. The van der Waals surface area contributed by atoms with Crippen LogP contribution in [0.3, 0.4) is 0 Å². The first-order valence-corrected chi connectivity index (χ1v) is 14.1. The topological polar surface area (TPSA) is 77.7 Å².